The lowest BCUT2D eigenvalue weighted by Crippen LogP contribution is -2.31. The Kier molecular flexibility index (Phi) is 4.38. The zero-order valence-electron chi connectivity index (χ0n) is 10.1. The topological polar surface area (TPSA) is 21.3 Å². The quantitative estimate of drug-likeness (QED) is 0.853. The highest BCUT2D eigenvalue weighted by atomic mass is 32.1. The average molecular weight is 239 g/mol. The summed E-state index contributed by atoms with van der Waals surface area (Å²) in [6.07, 6.45) is 1.66. The van der Waals surface area contributed by atoms with Crippen LogP contribution in [0.25, 0.3) is 0 Å². The summed E-state index contributed by atoms with van der Waals surface area (Å²) in [5.74, 6) is 1.33. The highest BCUT2D eigenvalue weighted by Crippen LogP contribution is 2.26. The van der Waals surface area contributed by atoms with Crippen LogP contribution in [0.3, 0.4) is 0 Å². The largest absolute Gasteiger partial charge is 0.378 e. The van der Waals surface area contributed by atoms with Gasteiger partial charge in [0, 0.05) is 24.6 Å². The average Bonchev–Trinajstić information content (AvgIpc) is 2.87. The molecule has 1 N–H and O–H groups in total. The Morgan fingerprint density at radius 2 is 2.44 bits per heavy atom. The van der Waals surface area contributed by atoms with Gasteiger partial charge in [-0.05, 0) is 29.7 Å². The Hall–Kier alpha value is -0.380. The summed E-state index contributed by atoms with van der Waals surface area (Å²) in [6.45, 7) is 7.53. The maximum absolute atomic E-state index is 5.78. The first kappa shape index (κ1) is 12.1. The lowest BCUT2D eigenvalue weighted by Gasteiger charge is -2.22. The Bertz CT molecular complexity index is 297. The van der Waals surface area contributed by atoms with Gasteiger partial charge >= 0.3 is 0 Å². The molecule has 1 aliphatic heterocycles. The van der Waals surface area contributed by atoms with Gasteiger partial charge in [-0.25, -0.2) is 0 Å². The monoisotopic (exact) mass is 239 g/mol. The van der Waals surface area contributed by atoms with E-state index < -0.39 is 0 Å². The van der Waals surface area contributed by atoms with Gasteiger partial charge in [0.25, 0.3) is 0 Å². The molecule has 0 aromatic carbocycles. The Labute approximate surface area is 102 Å². The van der Waals surface area contributed by atoms with Gasteiger partial charge in [-0.2, -0.15) is 0 Å². The molecule has 1 fully saturated rings. The van der Waals surface area contributed by atoms with Crippen LogP contribution in [0, 0.1) is 11.8 Å². The molecule has 16 heavy (non-hydrogen) atoms. The fourth-order valence-electron chi connectivity index (χ4n) is 2.40. The van der Waals surface area contributed by atoms with E-state index in [0.29, 0.717) is 17.9 Å². The molecule has 3 heteroatoms. The Morgan fingerprint density at radius 3 is 3.12 bits per heavy atom. The van der Waals surface area contributed by atoms with Crippen LogP contribution in [0.5, 0.6) is 0 Å². The van der Waals surface area contributed by atoms with Crippen molar-refractivity contribution in [2.75, 3.05) is 13.2 Å². The smallest absolute Gasteiger partial charge is 0.0639 e. The van der Waals surface area contributed by atoms with Gasteiger partial charge in [-0.15, -0.1) is 11.3 Å². The maximum atomic E-state index is 5.78. The lowest BCUT2D eigenvalue weighted by molar-refractivity contribution is 0.0539. The summed E-state index contributed by atoms with van der Waals surface area (Å²) < 4.78 is 5.78. The van der Waals surface area contributed by atoms with Crippen LogP contribution in [0.1, 0.15) is 25.1 Å². The number of thiophene rings is 1. The van der Waals surface area contributed by atoms with Crippen LogP contribution in [0.2, 0.25) is 0 Å². The van der Waals surface area contributed by atoms with Crippen molar-refractivity contribution in [3.63, 3.8) is 0 Å². The Morgan fingerprint density at radius 1 is 1.56 bits per heavy atom. The fraction of sp³-hybridized carbons (Fsp3) is 0.692. The van der Waals surface area contributed by atoms with Crippen LogP contribution in [0.4, 0.5) is 0 Å². The van der Waals surface area contributed by atoms with E-state index in [1.165, 1.54) is 11.3 Å². The first-order valence-corrected chi connectivity index (χ1v) is 7.00. The highest BCUT2D eigenvalue weighted by molar-refractivity contribution is 7.09. The molecule has 0 bridgehead atoms. The summed E-state index contributed by atoms with van der Waals surface area (Å²) >= 11 is 1.82. The second kappa shape index (κ2) is 5.80. The normalized spacial score (nSPS) is 25.4. The molecule has 2 heterocycles. The van der Waals surface area contributed by atoms with E-state index in [1.807, 2.05) is 11.3 Å². The number of ether oxygens (including phenoxy) is 1. The van der Waals surface area contributed by atoms with Gasteiger partial charge < -0.3 is 10.1 Å². The van der Waals surface area contributed by atoms with Crippen molar-refractivity contribution >= 4 is 11.3 Å². The first-order valence-electron chi connectivity index (χ1n) is 6.12. The van der Waals surface area contributed by atoms with Crippen molar-refractivity contribution in [1.82, 2.24) is 5.32 Å². The van der Waals surface area contributed by atoms with Crippen LogP contribution in [-0.2, 0) is 11.3 Å². The van der Waals surface area contributed by atoms with Crippen molar-refractivity contribution < 1.29 is 4.74 Å². The van der Waals surface area contributed by atoms with Crippen LogP contribution in [-0.4, -0.2) is 19.3 Å². The number of hydrogen-bond donors (Lipinski definition) is 1. The summed E-state index contributed by atoms with van der Waals surface area (Å²) in [6, 6.07) is 4.29. The molecule has 1 aromatic heterocycles. The third kappa shape index (κ3) is 3.06. The van der Waals surface area contributed by atoms with Gasteiger partial charge in [-0.1, -0.05) is 19.9 Å². The highest BCUT2D eigenvalue weighted by Gasteiger charge is 2.29. The zero-order chi connectivity index (χ0) is 11.4. The molecule has 1 aromatic rings. The summed E-state index contributed by atoms with van der Waals surface area (Å²) in [5.41, 5.74) is 0. The van der Waals surface area contributed by atoms with Gasteiger partial charge in [0.2, 0.25) is 0 Å². The van der Waals surface area contributed by atoms with Crippen molar-refractivity contribution in [2.24, 2.45) is 11.8 Å². The molecule has 2 unspecified atom stereocenters. The fourth-order valence-corrected chi connectivity index (χ4v) is 3.08. The third-order valence-corrected chi connectivity index (χ3v) is 4.08. The zero-order valence-corrected chi connectivity index (χ0v) is 10.9. The van der Waals surface area contributed by atoms with Crippen LogP contribution >= 0.6 is 11.3 Å². The maximum Gasteiger partial charge on any atom is 0.0639 e. The van der Waals surface area contributed by atoms with Gasteiger partial charge in [0.1, 0.15) is 0 Å². The van der Waals surface area contributed by atoms with Gasteiger partial charge in [0.15, 0.2) is 0 Å². The molecule has 0 radical (unpaired) electrons. The minimum atomic E-state index is 0.454. The molecule has 2 atom stereocenters. The van der Waals surface area contributed by atoms with Crippen molar-refractivity contribution in [3.05, 3.63) is 22.4 Å². The van der Waals surface area contributed by atoms with Crippen molar-refractivity contribution in [3.8, 4) is 0 Å². The molecular formula is C13H21NOS. The van der Waals surface area contributed by atoms with Crippen molar-refractivity contribution in [1.29, 1.82) is 0 Å². The lowest BCUT2D eigenvalue weighted by atomic mass is 9.93. The summed E-state index contributed by atoms with van der Waals surface area (Å²) in [4.78, 5) is 1.42. The molecule has 0 spiro atoms. The van der Waals surface area contributed by atoms with E-state index in [2.05, 4.69) is 36.7 Å². The van der Waals surface area contributed by atoms with E-state index in [9.17, 15) is 0 Å². The third-order valence-electron chi connectivity index (χ3n) is 3.21. The van der Waals surface area contributed by atoms with E-state index in [-0.39, 0.29) is 0 Å². The van der Waals surface area contributed by atoms with Crippen LogP contribution < -0.4 is 5.32 Å². The molecular weight excluding hydrogens is 218 g/mol. The minimum Gasteiger partial charge on any atom is -0.378 e. The predicted molar refractivity (Wildman–Crippen MR) is 68.7 cm³/mol. The van der Waals surface area contributed by atoms with Crippen LogP contribution in [0.15, 0.2) is 17.5 Å². The van der Waals surface area contributed by atoms with Gasteiger partial charge in [-0.3, -0.25) is 0 Å². The molecule has 0 saturated carbocycles. The standard InChI is InChI=1S/C13H21NOS/c1-10(2)13-11(5-6-15-13)8-14-9-12-4-3-7-16-12/h3-4,7,10-11,13-14H,5-6,8-9H2,1-2H3. The van der Waals surface area contributed by atoms with E-state index in [4.69, 9.17) is 4.74 Å². The summed E-state index contributed by atoms with van der Waals surface area (Å²) in [5, 5.41) is 5.68. The number of rotatable bonds is 5. The molecule has 0 aliphatic carbocycles. The molecule has 0 amide bonds. The second-order valence-corrected chi connectivity index (χ2v) is 5.87. The predicted octanol–water partition coefficient (Wildman–Crippen LogP) is 2.90. The summed E-state index contributed by atoms with van der Waals surface area (Å²) in [7, 11) is 0. The Balaban J connectivity index is 1.73. The second-order valence-electron chi connectivity index (χ2n) is 4.84. The number of hydrogen-bond acceptors (Lipinski definition) is 3. The molecule has 90 valence electrons. The van der Waals surface area contributed by atoms with Crippen molar-refractivity contribution in [2.45, 2.75) is 32.9 Å². The first-order chi connectivity index (χ1) is 7.77. The number of nitrogens with one attached hydrogen (secondary N) is 1. The molecule has 2 rings (SSSR count). The SMILES string of the molecule is CC(C)C1OCCC1CNCc1cccs1. The molecule has 1 aliphatic rings. The van der Waals surface area contributed by atoms with Gasteiger partial charge in [0.05, 0.1) is 6.10 Å². The van der Waals surface area contributed by atoms with E-state index in [0.717, 1.165) is 19.7 Å². The molecule has 2 nitrogen and oxygen atoms in total. The molecule has 1 saturated heterocycles. The van der Waals surface area contributed by atoms with E-state index in [1.54, 1.807) is 0 Å². The minimum absolute atomic E-state index is 0.454. The van der Waals surface area contributed by atoms with E-state index >= 15 is 0 Å².